The van der Waals surface area contributed by atoms with E-state index in [1.54, 1.807) is 39.0 Å². The maximum atomic E-state index is 12.2. The van der Waals surface area contributed by atoms with Gasteiger partial charge in [-0.05, 0) is 56.7 Å². The molecule has 1 aliphatic heterocycles. The highest BCUT2D eigenvalue weighted by Gasteiger charge is 2.17. The molecule has 0 atom stereocenters. The van der Waals surface area contributed by atoms with Gasteiger partial charge in [0.2, 0.25) is 16.8 Å². The van der Waals surface area contributed by atoms with Crippen molar-refractivity contribution in [3.63, 3.8) is 0 Å². The third-order valence-electron chi connectivity index (χ3n) is 3.86. The molecule has 0 aromatic heterocycles. The van der Waals surface area contributed by atoms with Gasteiger partial charge < -0.3 is 19.5 Å². The van der Waals surface area contributed by atoms with Crippen molar-refractivity contribution in [3.05, 3.63) is 42.0 Å². The van der Waals surface area contributed by atoms with Gasteiger partial charge in [0.1, 0.15) is 5.75 Å². The Morgan fingerprint density at radius 1 is 1.14 bits per heavy atom. The summed E-state index contributed by atoms with van der Waals surface area (Å²) in [6.07, 6.45) is 0. The molecule has 0 saturated heterocycles. The van der Waals surface area contributed by atoms with Crippen molar-refractivity contribution in [2.24, 2.45) is 0 Å². The standard InChI is InChI=1S/C19H22N2O6S/c1-12(2)21-28(23,24)15-5-7-16(13(3)8-15)25-10-19(22)20-14-4-6-17-18(9-14)27-11-26-17/h4-9,12,21H,10-11H2,1-3H3,(H,20,22). The van der Waals surface area contributed by atoms with Crippen LogP contribution in [-0.2, 0) is 14.8 Å². The first-order valence-electron chi connectivity index (χ1n) is 8.70. The van der Waals surface area contributed by atoms with Crippen molar-refractivity contribution in [2.75, 3.05) is 18.7 Å². The minimum absolute atomic E-state index is 0.149. The van der Waals surface area contributed by atoms with E-state index in [2.05, 4.69) is 10.0 Å². The van der Waals surface area contributed by atoms with Crippen LogP contribution in [0.15, 0.2) is 41.3 Å². The van der Waals surface area contributed by atoms with Gasteiger partial charge in [-0.3, -0.25) is 4.79 Å². The summed E-state index contributed by atoms with van der Waals surface area (Å²) >= 11 is 0. The number of ether oxygens (including phenoxy) is 3. The second kappa shape index (κ2) is 8.07. The molecule has 3 rings (SSSR count). The molecule has 2 aromatic rings. The number of rotatable bonds is 7. The maximum absolute atomic E-state index is 12.2. The van der Waals surface area contributed by atoms with Crippen LogP contribution < -0.4 is 24.2 Å². The highest BCUT2D eigenvalue weighted by Crippen LogP contribution is 2.34. The van der Waals surface area contributed by atoms with Crippen LogP contribution in [0.3, 0.4) is 0 Å². The molecule has 28 heavy (non-hydrogen) atoms. The predicted molar refractivity (Wildman–Crippen MR) is 103 cm³/mol. The van der Waals surface area contributed by atoms with E-state index in [0.29, 0.717) is 28.5 Å². The van der Waals surface area contributed by atoms with Crippen LogP contribution in [0.5, 0.6) is 17.2 Å². The zero-order valence-corrected chi connectivity index (χ0v) is 16.6. The quantitative estimate of drug-likeness (QED) is 0.732. The molecule has 2 N–H and O–H groups in total. The summed E-state index contributed by atoms with van der Waals surface area (Å²) < 4.78 is 43.0. The first-order valence-corrected chi connectivity index (χ1v) is 10.2. The minimum Gasteiger partial charge on any atom is -0.483 e. The topological polar surface area (TPSA) is 103 Å². The van der Waals surface area contributed by atoms with E-state index >= 15 is 0 Å². The summed E-state index contributed by atoms with van der Waals surface area (Å²) in [6, 6.07) is 9.38. The van der Waals surface area contributed by atoms with E-state index in [4.69, 9.17) is 14.2 Å². The first kappa shape index (κ1) is 20.0. The molecule has 0 unspecified atom stereocenters. The molecule has 0 aliphatic carbocycles. The molecular formula is C19H22N2O6S. The maximum Gasteiger partial charge on any atom is 0.262 e. The van der Waals surface area contributed by atoms with Crippen molar-refractivity contribution < 1.29 is 27.4 Å². The Kier molecular flexibility index (Phi) is 5.76. The van der Waals surface area contributed by atoms with Gasteiger partial charge in [-0.1, -0.05) is 0 Å². The summed E-state index contributed by atoms with van der Waals surface area (Å²) in [5.74, 6) is 1.29. The molecule has 1 heterocycles. The van der Waals surface area contributed by atoms with Crippen LogP contribution in [0.1, 0.15) is 19.4 Å². The number of hydrogen-bond donors (Lipinski definition) is 2. The van der Waals surface area contributed by atoms with Gasteiger partial charge in [0.15, 0.2) is 18.1 Å². The van der Waals surface area contributed by atoms with Crippen LogP contribution in [0, 0.1) is 6.92 Å². The molecule has 0 radical (unpaired) electrons. The molecule has 0 bridgehead atoms. The number of sulfonamides is 1. The zero-order valence-electron chi connectivity index (χ0n) is 15.8. The van der Waals surface area contributed by atoms with Gasteiger partial charge in [0, 0.05) is 17.8 Å². The van der Waals surface area contributed by atoms with Crippen LogP contribution >= 0.6 is 0 Å². The summed E-state index contributed by atoms with van der Waals surface area (Å²) in [4.78, 5) is 12.3. The third kappa shape index (κ3) is 4.73. The summed E-state index contributed by atoms with van der Waals surface area (Å²) in [6.45, 7) is 5.17. The number of hydrogen-bond acceptors (Lipinski definition) is 6. The number of carbonyl (C=O) groups is 1. The summed E-state index contributed by atoms with van der Waals surface area (Å²) in [7, 11) is -3.58. The Bertz CT molecular complexity index is 988. The molecule has 150 valence electrons. The van der Waals surface area contributed by atoms with Crippen LogP contribution in [-0.4, -0.2) is 33.8 Å². The fourth-order valence-corrected chi connectivity index (χ4v) is 3.98. The first-order chi connectivity index (χ1) is 13.2. The lowest BCUT2D eigenvalue weighted by atomic mass is 10.2. The van der Waals surface area contributed by atoms with E-state index in [0.717, 1.165) is 0 Å². The number of carbonyl (C=O) groups excluding carboxylic acids is 1. The van der Waals surface area contributed by atoms with Gasteiger partial charge in [-0.15, -0.1) is 0 Å². The lowest BCUT2D eigenvalue weighted by molar-refractivity contribution is -0.118. The fourth-order valence-electron chi connectivity index (χ4n) is 2.64. The van der Waals surface area contributed by atoms with Crippen LogP contribution in [0.25, 0.3) is 0 Å². The Morgan fingerprint density at radius 2 is 1.89 bits per heavy atom. The average molecular weight is 406 g/mol. The van der Waals surface area contributed by atoms with Crippen LogP contribution in [0.2, 0.25) is 0 Å². The number of fused-ring (bicyclic) bond motifs is 1. The minimum atomic E-state index is -3.58. The van der Waals surface area contributed by atoms with E-state index in [9.17, 15) is 13.2 Å². The average Bonchev–Trinajstić information content (AvgIpc) is 3.07. The molecule has 0 saturated carbocycles. The molecule has 0 fully saturated rings. The molecule has 1 aliphatic rings. The highest BCUT2D eigenvalue weighted by atomic mass is 32.2. The Morgan fingerprint density at radius 3 is 2.61 bits per heavy atom. The lowest BCUT2D eigenvalue weighted by Crippen LogP contribution is -2.30. The molecule has 2 aromatic carbocycles. The van der Waals surface area contributed by atoms with E-state index in [-0.39, 0.29) is 30.2 Å². The lowest BCUT2D eigenvalue weighted by Gasteiger charge is -2.13. The van der Waals surface area contributed by atoms with Gasteiger partial charge in [-0.25, -0.2) is 13.1 Å². The van der Waals surface area contributed by atoms with Crippen LogP contribution in [0.4, 0.5) is 5.69 Å². The number of anilines is 1. The Balaban J connectivity index is 1.60. The second-order valence-electron chi connectivity index (χ2n) is 6.61. The fraction of sp³-hybridized carbons (Fsp3) is 0.316. The van der Waals surface area contributed by atoms with Crippen molar-refractivity contribution in [1.82, 2.24) is 4.72 Å². The monoisotopic (exact) mass is 406 g/mol. The third-order valence-corrected chi connectivity index (χ3v) is 5.52. The van der Waals surface area contributed by atoms with Crippen molar-refractivity contribution in [1.29, 1.82) is 0 Å². The van der Waals surface area contributed by atoms with Crippen molar-refractivity contribution in [3.8, 4) is 17.2 Å². The normalized spacial score (nSPS) is 12.9. The Hall–Kier alpha value is -2.78. The van der Waals surface area contributed by atoms with Gasteiger partial charge in [0.25, 0.3) is 5.91 Å². The molecular weight excluding hydrogens is 384 g/mol. The second-order valence-corrected chi connectivity index (χ2v) is 8.32. The van der Waals surface area contributed by atoms with Gasteiger partial charge in [-0.2, -0.15) is 0 Å². The zero-order chi connectivity index (χ0) is 20.3. The molecule has 8 nitrogen and oxygen atoms in total. The summed E-state index contributed by atoms with van der Waals surface area (Å²) in [5.41, 5.74) is 1.18. The van der Waals surface area contributed by atoms with Gasteiger partial charge >= 0.3 is 0 Å². The van der Waals surface area contributed by atoms with E-state index < -0.39 is 10.0 Å². The van der Waals surface area contributed by atoms with Crippen molar-refractivity contribution in [2.45, 2.75) is 31.7 Å². The number of benzene rings is 2. The Labute approximate surface area is 163 Å². The largest absolute Gasteiger partial charge is 0.483 e. The number of nitrogens with one attached hydrogen (secondary N) is 2. The number of aryl methyl sites for hydroxylation is 1. The predicted octanol–water partition coefficient (Wildman–Crippen LogP) is 2.43. The smallest absolute Gasteiger partial charge is 0.262 e. The number of amides is 1. The molecule has 9 heteroatoms. The van der Waals surface area contributed by atoms with E-state index in [1.165, 1.54) is 18.2 Å². The van der Waals surface area contributed by atoms with Crippen molar-refractivity contribution >= 4 is 21.6 Å². The molecule has 0 spiro atoms. The van der Waals surface area contributed by atoms with E-state index in [1.807, 2.05) is 0 Å². The molecule has 1 amide bonds. The SMILES string of the molecule is Cc1cc(S(=O)(=O)NC(C)C)ccc1OCC(=O)Nc1ccc2c(c1)OCO2. The highest BCUT2D eigenvalue weighted by molar-refractivity contribution is 7.89. The van der Waals surface area contributed by atoms with Gasteiger partial charge in [0.05, 0.1) is 4.90 Å². The summed E-state index contributed by atoms with van der Waals surface area (Å²) in [5, 5.41) is 2.71.